The molecule has 7 nitrogen and oxygen atoms in total. The van der Waals surface area contributed by atoms with E-state index in [1.807, 2.05) is 54.1 Å². The zero-order valence-corrected chi connectivity index (χ0v) is 17.3. The fraction of sp³-hybridized carbons (Fsp3) is 0.136. The second kappa shape index (κ2) is 9.32. The molecule has 0 amide bonds. The number of nitrogens with one attached hydrogen (secondary N) is 2. The summed E-state index contributed by atoms with van der Waals surface area (Å²) in [4.78, 5) is 13.0. The molecule has 0 saturated heterocycles. The molecule has 0 fully saturated rings. The zero-order chi connectivity index (χ0) is 20.8. The molecule has 0 unspecified atom stereocenters. The van der Waals surface area contributed by atoms with Crippen LogP contribution < -0.4 is 21.1 Å². The first-order valence-electron chi connectivity index (χ1n) is 9.47. The summed E-state index contributed by atoms with van der Waals surface area (Å²) in [5, 5.41) is 9.51. The van der Waals surface area contributed by atoms with Gasteiger partial charge in [-0.15, -0.1) is 0 Å². The Hall–Kier alpha value is -3.52. The molecule has 0 aliphatic carbocycles. The molecular weight excluding hydrogens is 396 g/mol. The van der Waals surface area contributed by atoms with Gasteiger partial charge < -0.3 is 21.1 Å². The molecule has 0 atom stereocenters. The van der Waals surface area contributed by atoms with Crippen LogP contribution in [0.15, 0.2) is 71.5 Å². The zero-order valence-electron chi connectivity index (χ0n) is 16.5. The average Bonchev–Trinajstić information content (AvgIpc) is 3.30. The highest BCUT2D eigenvalue weighted by atomic mass is 32.2. The number of hydrogen-bond acceptors (Lipinski definition) is 8. The second-order valence-electron chi connectivity index (χ2n) is 6.55. The van der Waals surface area contributed by atoms with E-state index in [1.54, 1.807) is 31.3 Å². The molecule has 30 heavy (non-hydrogen) atoms. The Balaban J connectivity index is 1.41. The number of nitrogens with zero attached hydrogens (tertiary/aromatic N) is 3. The number of methoxy groups -OCH3 is 1. The standard InChI is InChI=1S/C22H22N6OS/c1-29-17-6-4-16(5-7-17)19-14-30-21(27-19)20(23)18-9-12-26-22(28-18)25-11-8-15-3-2-10-24-13-15/h2-7,9-10,12-14,27H,8,11,23H2,1H3,(H,25,26,28)/b21-20+. The first kappa shape index (κ1) is 19.8. The Morgan fingerprint density at radius 2 is 2.03 bits per heavy atom. The number of pyridine rings is 1. The van der Waals surface area contributed by atoms with Gasteiger partial charge in [0, 0.05) is 30.5 Å². The van der Waals surface area contributed by atoms with Crippen LogP contribution in [0.1, 0.15) is 16.8 Å². The van der Waals surface area contributed by atoms with E-state index in [0.717, 1.165) is 34.0 Å². The van der Waals surface area contributed by atoms with Gasteiger partial charge in [0.15, 0.2) is 0 Å². The molecule has 4 rings (SSSR count). The predicted octanol–water partition coefficient (Wildman–Crippen LogP) is 3.45. The van der Waals surface area contributed by atoms with Crippen molar-refractivity contribution in [2.24, 2.45) is 5.73 Å². The summed E-state index contributed by atoms with van der Waals surface area (Å²) in [5.41, 5.74) is 10.9. The largest absolute Gasteiger partial charge is 0.497 e. The number of rotatable bonds is 7. The van der Waals surface area contributed by atoms with Crippen LogP contribution in [-0.4, -0.2) is 28.6 Å². The maximum absolute atomic E-state index is 6.39. The summed E-state index contributed by atoms with van der Waals surface area (Å²) >= 11 is 1.54. The Labute approximate surface area is 179 Å². The molecule has 4 N–H and O–H groups in total. The Morgan fingerprint density at radius 3 is 2.80 bits per heavy atom. The quantitative estimate of drug-likeness (QED) is 0.537. The second-order valence-corrected chi connectivity index (χ2v) is 7.43. The maximum Gasteiger partial charge on any atom is 0.223 e. The van der Waals surface area contributed by atoms with E-state index < -0.39 is 0 Å². The van der Waals surface area contributed by atoms with E-state index in [4.69, 9.17) is 10.5 Å². The number of ether oxygens (including phenoxy) is 1. The topological polar surface area (TPSA) is 98.0 Å². The third-order valence-electron chi connectivity index (χ3n) is 4.54. The lowest BCUT2D eigenvalue weighted by molar-refractivity contribution is 0.415. The molecule has 0 spiro atoms. The van der Waals surface area contributed by atoms with Gasteiger partial charge in [-0.3, -0.25) is 4.98 Å². The molecule has 3 heterocycles. The van der Waals surface area contributed by atoms with E-state index in [9.17, 15) is 0 Å². The van der Waals surface area contributed by atoms with Gasteiger partial charge in [0.25, 0.3) is 0 Å². The van der Waals surface area contributed by atoms with Gasteiger partial charge in [-0.05, 0) is 53.9 Å². The van der Waals surface area contributed by atoms with Gasteiger partial charge in [-0.25, -0.2) is 9.97 Å². The monoisotopic (exact) mass is 418 g/mol. The highest BCUT2D eigenvalue weighted by Gasteiger charge is 2.17. The highest BCUT2D eigenvalue weighted by molar-refractivity contribution is 8.06. The van der Waals surface area contributed by atoms with Crippen LogP contribution in [0.5, 0.6) is 5.75 Å². The van der Waals surface area contributed by atoms with Gasteiger partial charge >= 0.3 is 0 Å². The van der Waals surface area contributed by atoms with Crippen LogP contribution in [-0.2, 0) is 6.42 Å². The SMILES string of the molecule is COc1ccc(C2=CS/C(=C(/N)c3ccnc(NCCc4cccnc4)n3)N2)cc1. The van der Waals surface area contributed by atoms with E-state index in [0.29, 0.717) is 23.9 Å². The Bertz CT molecular complexity index is 1070. The van der Waals surface area contributed by atoms with E-state index in [-0.39, 0.29) is 0 Å². The molecule has 152 valence electrons. The third-order valence-corrected chi connectivity index (χ3v) is 5.45. The van der Waals surface area contributed by atoms with Crippen molar-refractivity contribution < 1.29 is 4.74 Å². The van der Waals surface area contributed by atoms with Gasteiger partial charge in [-0.1, -0.05) is 17.8 Å². The predicted molar refractivity (Wildman–Crippen MR) is 121 cm³/mol. The van der Waals surface area contributed by atoms with Crippen LogP contribution in [0.4, 0.5) is 5.95 Å². The number of aromatic nitrogens is 3. The summed E-state index contributed by atoms with van der Waals surface area (Å²) in [6, 6.07) is 13.7. The molecule has 1 aromatic carbocycles. The summed E-state index contributed by atoms with van der Waals surface area (Å²) in [7, 11) is 1.66. The number of benzene rings is 1. The van der Waals surface area contributed by atoms with Crippen molar-refractivity contribution in [2.75, 3.05) is 19.0 Å². The van der Waals surface area contributed by atoms with Crippen molar-refractivity contribution in [3.63, 3.8) is 0 Å². The number of nitrogens with two attached hydrogens (primary N) is 1. The van der Waals surface area contributed by atoms with Crippen LogP contribution in [0, 0.1) is 0 Å². The average molecular weight is 419 g/mol. The van der Waals surface area contributed by atoms with Crippen molar-refractivity contribution in [2.45, 2.75) is 6.42 Å². The van der Waals surface area contributed by atoms with Crippen molar-refractivity contribution in [1.29, 1.82) is 0 Å². The van der Waals surface area contributed by atoms with Crippen molar-refractivity contribution in [3.05, 3.63) is 88.3 Å². The summed E-state index contributed by atoms with van der Waals surface area (Å²) in [6.07, 6.45) is 6.17. The molecule has 8 heteroatoms. The van der Waals surface area contributed by atoms with Crippen LogP contribution in [0.3, 0.4) is 0 Å². The van der Waals surface area contributed by atoms with Crippen LogP contribution in [0.25, 0.3) is 11.4 Å². The number of hydrogen-bond donors (Lipinski definition) is 3. The number of thioether (sulfide) groups is 1. The lowest BCUT2D eigenvalue weighted by Crippen LogP contribution is -2.13. The molecule has 1 aliphatic rings. The van der Waals surface area contributed by atoms with Gasteiger partial charge in [0.05, 0.1) is 24.2 Å². The summed E-state index contributed by atoms with van der Waals surface area (Å²) < 4.78 is 5.22. The van der Waals surface area contributed by atoms with E-state index in [2.05, 4.69) is 25.6 Å². The van der Waals surface area contributed by atoms with Crippen molar-refractivity contribution in [3.8, 4) is 5.75 Å². The minimum Gasteiger partial charge on any atom is -0.497 e. The molecule has 0 bridgehead atoms. The fourth-order valence-electron chi connectivity index (χ4n) is 2.92. The Morgan fingerprint density at radius 1 is 1.17 bits per heavy atom. The smallest absolute Gasteiger partial charge is 0.223 e. The van der Waals surface area contributed by atoms with Gasteiger partial charge in [-0.2, -0.15) is 0 Å². The van der Waals surface area contributed by atoms with Crippen molar-refractivity contribution >= 4 is 29.1 Å². The maximum atomic E-state index is 6.39. The third kappa shape index (κ3) is 4.72. The fourth-order valence-corrected chi connectivity index (χ4v) is 3.75. The molecule has 2 aromatic heterocycles. The van der Waals surface area contributed by atoms with Crippen LogP contribution >= 0.6 is 11.8 Å². The van der Waals surface area contributed by atoms with E-state index >= 15 is 0 Å². The van der Waals surface area contributed by atoms with Crippen LogP contribution in [0.2, 0.25) is 0 Å². The minimum absolute atomic E-state index is 0.547. The molecule has 1 aliphatic heterocycles. The molecule has 3 aromatic rings. The lowest BCUT2D eigenvalue weighted by atomic mass is 10.1. The van der Waals surface area contributed by atoms with E-state index in [1.165, 1.54) is 0 Å². The normalized spacial score (nSPS) is 14.6. The first-order chi connectivity index (χ1) is 14.7. The summed E-state index contributed by atoms with van der Waals surface area (Å²) in [5.74, 6) is 1.37. The molecule has 0 radical (unpaired) electrons. The Kier molecular flexibility index (Phi) is 6.14. The number of anilines is 1. The minimum atomic E-state index is 0.547. The van der Waals surface area contributed by atoms with Gasteiger partial charge in [0.1, 0.15) is 10.8 Å². The molecular formula is C22H22N6OS. The highest BCUT2D eigenvalue weighted by Crippen LogP contribution is 2.33. The van der Waals surface area contributed by atoms with Crippen molar-refractivity contribution in [1.82, 2.24) is 20.3 Å². The summed E-state index contributed by atoms with van der Waals surface area (Å²) in [6.45, 7) is 0.710. The lowest BCUT2D eigenvalue weighted by Gasteiger charge is -2.10. The molecule has 0 saturated carbocycles. The first-order valence-corrected chi connectivity index (χ1v) is 10.3. The van der Waals surface area contributed by atoms with Gasteiger partial charge in [0.2, 0.25) is 5.95 Å².